The van der Waals surface area contributed by atoms with E-state index in [9.17, 15) is 4.79 Å². The van der Waals surface area contributed by atoms with Crippen LogP contribution >= 0.6 is 11.3 Å². The van der Waals surface area contributed by atoms with Crippen molar-refractivity contribution in [3.05, 3.63) is 92.7 Å². The molecule has 0 radical (unpaired) electrons. The molecule has 0 fully saturated rings. The van der Waals surface area contributed by atoms with Gasteiger partial charge in [0.1, 0.15) is 6.04 Å². The zero-order chi connectivity index (χ0) is 24.0. The second-order valence-corrected chi connectivity index (χ2v) is 10.2. The van der Waals surface area contributed by atoms with Crippen LogP contribution < -0.4 is 5.32 Å². The van der Waals surface area contributed by atoms with Gasteiger partial charge >= 0.3 is 0 Å². The lowest BCUT2D eigenvalue weighted by atomic mass is 9.96. The first-order valence-electron chi connectivity index (χ1n) is 11.4. The average molecular weight is 470 g/mol. The molecule has 172 valence electrons. The molecule has 1 N–H and O–H groups in total. The van der Waals surface area contributed by atoms with E-state index in [-0.39, 0.29) is 12.3 Å². The van der Waals surface area contributed by atoms with Crippen LogP contribution in [0.25, 0.3) is 10.4 Å². The van der Waals surface area contributed by atoms with Crippen molar-refractivity contribution in [1.29, 1.82) is 0 Å². The summed E-state index contributed by atoms with van der Waals surface area (Å²) in [6, 6.07) is 15.7. The zero-order valence-electron chi connectivity index (χ0n) is 20.0. The predicted molar refractivity (Wildman–Crippen MR) is 138 cm³/mol. The second-order valence-electron chi connectivity index (χ2n) is 8.97. The number of fused-ring (bicyclic) bond motifs is 3. The summed E-state index contributed by atoms with van der Waals surface area (Å²) in [7, 11) is 0. The summed E-state index contributed by atoms with van der Waals surface area (Å²) < 4.78 is 5.83. The molecule has 0 unspecified atom stereocenters. The number of nitrogens with one attached hydrogen (secondary N) is 1. The first kappa shape index (κ1) is 22.3. The molecule has 2 aromatic heterocycles. The molecule has 4 aromatic rings. The Bertz CT molecular complexity index is 1410. The van der Waals surface area contributed by atoms with Gasteiger partial charge in [0.15, 0.2) is 5.76 Å². The van der Waals surface area contributed by atoms with Crippen LogP contribution in [-0.2, 0) is 4.79 Å². The number of carbonyl (C=O) groups is 1. The lowest BCUT2D eigenvalue weighted by Crippen LogP contribution is -2.16. The third-order valence-corrected chi connectivity index (χ3v) is 7.59. The van der Waals surface area contributed by atoms with E-state index in [2.05, 4.69) is 55.5 Å². The van der Waals surface area contributed by atoms with E-state index in [1.54, 1.807) is 11.3 Å². The number of hydrogen-bond acceptors (Lipinski definition) is 5. The topological polar surface area (TPSA) is 67.5 Å². The molecule has 0 saturated carbocycles. The SMILES string of the molecule is Cc1ccc(NC(=O)C[C@@H]2N=C(c3ccc(C)cc3)c3c(sc(C)c3C)-c3c(C)noc32)cc1. The van der Waals surface area contributed by atoms with Gasteiger partial charge < -0.3 is 9.84 Å². The standard InChI is InChI=1S/C28H27N3O2S/c1-15-6-10-20(11-7-15)26-24-17(3)19(5)34-28(24)25-18(4)31-33-27(25)22(30-26)14-23(32)29-21-12-8-16(2)9-13-21/h6-13,22H,14H2,1-5H3,(H,29,32)/t22-/m0/s1. The van der Waals surface area contributed by atoms with Crippen LogP contribution in [0.2, 0.25) is 0 Å². The van der Waals surface area contributed by atoms with Gasteiger partial charge in [0.25, 0.3) is 0 Å². The fraction of sp³-hybridized carbons (Fsp3) is 0.250. The summed E-state index contributed by atoms with van der Waals surface area (Å²) in [5.41, 5.74) is 9.15. The number of thiophene rings is 1. The van der Waals surface area contributed by atoms with Gasteiger partial charge in [0.05, 0.1) is 23.4 Å². The number of rotatable bonds is 4. The van der Waals surface area contributed by atoms with Gasteiger partial charge in [-0.05, 0) is 52.3 Å². The summed E-state index contributed by atoms with van der Waals surface area (Å²) >= 11 is 1.74. The quantitative estimate of drug-likeness (QED) is 0.355. The minimum Gasteiger partial charge on any atom is -0.358 e. The first-order valence-corrected chi connectivity index (χ1v) is 12.2. The third-order valence-electron chi connectivity index (χ3n) is 6.36. The van der Waals surface area contributed by atoms with Crippen molar-refractivity contribution in [2.75, 3.05) is 5.32 Å². The molecule has 5 rings (SSSR count). The van der Waals surface area contributed by atoms with Gasteiger partial charge in [0, 0.05) is 26.6 Å². The normalized spacial score (nSPS) is 14.7. The summed E-state index contributed by atoms with van der Waals surface area (Å²) in [4.78, 5) is 20.6. The minimum absolute atomic E-state index is 0.112. The van der Waals surface area contributed by atoms with E-state index in [4.69, 9.17) is 9.52 Å². The Morgan fingerprint density at radius 3 is 2.26 bits per heavy atom. The smallest absolute Gasteiger partial charge is 0.227 e. The zero-order valence-corrected chi connectivity index (χ0v) is 20.8. The summed E-state index contributed by atoms with van der Waals surface area (Å²) in [5.74, 6) is 0.542. The fourth-order valence-corrected chi connectivity index (χ4v) is 5.61. The van der Waals surface area contributed by atoms with E-state index in [0.29, 0.717) is 5.76 Å². The predicted octanol–water partition coefficient (Wildman–Crippen LogP) is 6.87. The number of anilines is 1. The Labute approximate surface area is 203 Å². The van der Waals surface area contributed by atoms with Crippen LogP contribution in [0.3, 0.4) is 0 Å². The van der Waals surface area contributed by atoms with Crippen LogP contribution in [0.1, 0.15) is 56.6 Å². The highest BCUT2D eigenvalue weighted by Crippen LogP contribution is 2.46. The van der Waals surface area contributed by atoms with Crippen LogP contribution in [-0.4, -0.2) is 16.8 Å². The molecule has 0 bridgehead atoms. The monoisotopic (exact) mass is 469 g/mol. The largest absolute Gasteiger partial charge is 0.358 e. The highest BCUT2D eigenvalue weighted by atomic mass is 32.1. The Balaban J connectivity index is 1.61. The van der Waals surface area contributed by atoms with Crippen LogP contribution in [0.15, 0.2) is 58.0 Å². The van der Waals surface area contributed by atoms with E-state index >= 15 is 0 Å². The summed E-state index contributed by atoms with van der Waals surface area (Å²) in [5, 5.41) is 7.27. The van der Waals surface area contributed by atoms with Gasteiger partial charge in [-0.3, -0.25) is 9.79 Å². The molecule has 0 aliphatic carbocycles. The van der Waals surface area contributed by atoms with E-state index < -0.39 is 6.04 Å². The van der Waals surface area contributed by atoms with Crippen molar-refractivity contribution in [3.63, 3.8) is 0 Å². The van der Waals surface area contributed by atoms with E-state index in [1.807, 2.05) is 38.1 Å². The molecular formula is C28H27N3O2S. The van der Waals surface area contributed by atoms with Crippen molar-refractivity contribution in [2.45, 2.75) is 47.1 Å². The fourth-order valence-electron chi connectivity index (χ4n) is 4.35. The number of aromatic nitrogens is 1. The highest BCUT2D eigenvalue weighted by Gasteiger charge is 2.34. The maximum absolute atomic E-state index is 13.1. The van der Waals surface area contributed by atoms with Crippen molar-refractivity contribution >= 4 is 28.6 Å². The maximum Gasteiger partial charge on any atom is 0.227 e. The summed E-state index contributed by atoms with van der Waals surface area (Å²) in [6.07, 6.45) is 0.165. The number of aryl methyl sites for hydroxylation is 4. The lowest BCUT2D eigenvalue weighted by molar-refractivity contribution is -0.116. The molecule has 34 heavy (non-hydrogen) atoms. The molecule has 3 heterocycles. The van der Waals surface area contributed by atoms with Crippen LogP contribution in [0.4, 0.5) is 5.69 Å². The number of amides is 1. The van der Waals surface area contributed by atoms with Crippen LogP contribution in [0, 0.1) is 34.6 Å². The number of carbonyl (C=O) groups excluding carboxylic acids is 1. The van der Waals surface area contributed by atoms with Gasteiger partial charge in [-0.2, -0.15) is 0 Å². The van der Waals surface area contributed by atoms with Crippen molar-refractivity contribution in [1.82, 2.24) is 5.16 Å². The van der Waals surface area contributed by atoms with Crippen molar-refractivity contribution in [2.24, 2.45) is 4.99 Å². The number of aliphatic imine (C=N–C) groups is 1. The Morgan fingerprint density at radius 2 is 1.59 bits per heavy atom. The Hall–Kier alpha value is -3.51. The van der Waals surface area contributed by atoms with Crippen molar-refractivity contribution < 1.29 is 9.32 Å². The second kappa shape index (κ2) is 8.69. The molecule has 1 atom stereocenters. The number of nitrogens with zero attached hydrogens (tertiary/aromatic N) is 2. The number of hydrogen-bond donors (Lipinski definition) is 1. The Morgan fingerprint density at radius 1 is 0.941 bits per heavy atom. The lowest BCUT2D eigenvalue weighted by Gasteiger charge is -2.13. The van der Waals surface area contributed by atoms with E-state index in [0.717, 1.165) is 44.2 Å². The minimum atomic E-state index is -0.475. The molecule has 5 nitrogen and oxygen atoms in total. The molecule has 6 heteroatoms. The molecule has 1 aliphatic heterocycles. The molecule has 1 amide bonds. The highest BCUT2D eigenvalue weighted by molar-refractivity contribution is 7.16. The van der Waals surface area contributed by atoms with Gasteiger partial charge in [-0.15, -0.1) is 11.3 Å². The van der Waals surface area contributed by atoms with Gasteiger partial charge in [0.2, 0.25) is 5.91 Å². The molecule has 0 spiro atoms. The van der Waals surface area contributed by atoms with E-state index in [1.165, 1.54) is 16.0 Å². The van der Waals surface area contributed by atoms with Crippen molar-refractivity contribution in [3.8, 4) is 10.4 Å². The Kier molecular flexibility index (Phi) is 5.70. The third kappa shape index (κ3) is 3.99. The molecule has 1 aliphatic rings. The molecule has 2 aromatic carbocycles. The average Bonchev–Trinajstić information content (AvgIpc) is 3.28. The number of benzene rings is 2. The maximum atomic E-state index is 13.1. The van der Waals surface area contributed by atoms with Crippen LogP contribution in [0.5, 0.6) is 0 Å². The first-order chi connectivity index (χ1) is 16.3. The molecular weight excluding hydrogens is 442 g/mol. The van der Waals surface area contributed by atoms with Gasteiger partial charge in [-0.1, -0.05) is 52.7 Å². The summed E-state index contributed by atoms with van der Waals surface area (Å²) in [6.45, 7) is 10.3. The molecule has 0 saturated heterocycles. The van der Waals surface area contributed by atoms with Gasteiger partial charge in [-0.25, -0.2) is 0 Å².